The number of alkyl halides is 2. The molecule has 228 valence electrons. The second-order valence-corrected chi connectivity index (χ2v) is 13.8. The first kappa shape index (κ1) is 31.9. The van der Waals surface area contributed by atoms with Gasteiger partial charge in [-0.25, -0.2) is 0 Å². The van der Waals surface area contributed by atoms with Crippen molar-refractivity contribution in [1.29, 1.82) is 0 Å². The van der Waals surface area contributed by atoms with Gasteiger partial charge in [0.05, 0.1) is 0 Å². The Morgan fingerprint density at radius 2 is 1.79 bits per heavy atom. The Kier molecular flexibility index (Phi) is 10.3. The van der Waals surface area contributed by atoms with E-state index < -0.39 is 49.8 Å². The molecule has 0 saturated carbocycles. The molecule has 12 heteroatoms. The van der Waals surface area contributed by atoms with E-state index in [0.29, 0.717) is 54.6 Å². The summed E-state index contributed by atoms with van der Waals surface area (Å²) in [6, 6.07) is 4.26. The van der Waals surface area contributed by atoms with E-state index in [1.807, 2.05) is 13.1 Å². The van der Waals surface area contributed by atoms with E-state index in [1.165, 1.54) is 6.07 Å². The van der Waals surface area contributed by atoms with Crippen LogP contribution in [0, 0.1) is 5.82 Å². The van der Waals surface area contributed by atoms with E-state index in [9.17, 15) is 23.2 Å². The average molecular weight is 651 g/mol. The van der Waals surface area contributed by atoms with Crippen molar-refractivity contribution in [1.82, 2.24) is 14.8 Å². The van der Waals surface area contributed by atoms with Crippen molar-refractivity contribution >= 4 is 42.0 Å². The first-order valence-corrected chi connectivity index (χ1v) is 16.2. The number of piperazine rings is 1. The normalized spacial score (nSPS) is 20.4. The van der Waals surface area contributed by atoms with Gasteiger partial charge in [-0.05, 0) is 0 Å². The Balaban J connectivity index is 1.71. The van der Waals surface area contributed by atoms with Gasteiger partial charge in [-0.2, -0.15) is 0 Å². The number of ether oxygens (including phenoxy) is 1. The molecule has 2 aromatic rings. The molecule has 2 aliphatic rings. The van der Waals surface area contributed by atoms with Crippen molar-refractivity contribution in [3.8, 4) is 0 Å². The molecule has 0 spiro atoms. The average Bonchev–Trinajstić information content (AvgIpc) is 3.18. The molecule has 8 nitrogen and oxygen atoms in total. The third-order valence-electron chi connectivity index (χ3n) is 7.85. The summed E-state index contributed by atoms with van der Waals surface area (Å²) in [5.41, 5.74) is 0.133. The number of benzene rings is 1. The molecule has 1 N–H and O–H groups in total. The summed E-state index contributed by atoms with van der Waals surface area (Å²) in [7, 11) is 2.04. The van der Waals surface area contributed by atoms with Gasteiger partial charge in [-0.3, -0.25) is 0 Å². The zero-order valence-electron chi connectivity index (χ0n) is 24.5. The minimum atomic E-state index is -2.98. The predicted octanol–water partition coefficient (Wildman–Crippen LogP) is 3.91. The fourth-order valence-corrected chi connectivity index (χ4v) is 7.85. The number of H-pyrrole nitrogens is 1. The molecular formula is C30H38AsF3N4O4. The number of anilines is 1. The molecule has 0 aliphatic carbocycles. The van der Waals surface area contributed by atoms with Gasteiger partial charge in [0, 0.05) is 0 Å². The Labute approximate surface area is 250 Å². The van der Waals surface area contributed by atoms with Crippen LogP contribution in [0.1, 0.15) is 68.4 Å². The van der Waals surface area contributed by atoms with E-state index >= 15 is 4.39 Å². The molecule has 1 amide bonds. The predicted molar refractivity (Wildman–Crippen MR) is 159 cm³/mol. The summed E-state index contributed by atoms with van der Waals surface area (Å²) >= 11 is -1.75. The van der Waals surface area contributed by atoms with Crippen molar-refractivity contribution in [2.75, 3.05) is 38.1 Å². The molecule has 3 heterocycles. The zero-order valence-corrected chi connectivity index (χ0v) is 26.6. The van der Waals surface area contributed by atoms with E-state index in [4.69, 9.17) is 4.74 Å². The topological polar surface area (TPSA) is 85.9 Å². The van der Waals surface area contributed by atoms with Crippen LogP contribution in [-0.2, 0) is 4.74 Å². The number of hydrogen-bond acceptors (Lipinski definition) is 6. The molecule has 1 saturated heterocycles. The van der Waals surface area contributed by atoms with Crippen molar-refractivity contribution < 1.29 is 27.5 Å². The molecule has 1 unspecified atom stereocenters. The van der Waals surface area contributed by atoms with Gasteiger partial charge in [0.15, 0.2) is 0 Å². The van der Waals surface area contributed by atoms with Gasteiger partial charge in [-0.15, -0.1) is 0 Å². The van der Waals surface area contributed by atoms with Gasteiger partial charge >= 0.3 is 251 Å². The molecule has 1 aromatic heterocycles. The zero-order chi connectivity index (χ0) is 30.7. The summed E-state index contributed by atoms with van der Waals surface area (Å²) < 4.78 is 48.9. The van der Waals surface area contributed by atoms with Crippen LogP contribution in [0.25, 0.3) is 5.57 Å². The number of carbonyl (C=O) groups excluding carboxylic acids is 2. The Morgan fingerprint density at radius 3 is 2.43 bits per heavy atom. The molecule has 0 bridgehead atoms. The number of aromatic nitrogens is 1. The number of carbonyl (C=O) groups is 2. The number of hydrogen-bond donors (Lipinski definition) is 1. The second-order valence-electron chi connectivity index (χ2n) is 11.2. The molecule has 3 atom stereocenters. The van der Waals surface area contributed by atoms with Crippen molar-refractivity contribution in [3.05, 3.63) is 63.3 Å². The third-order valence-corrected chi connectivity index (χ3v) is 10.3. The number of amides is 1. The van der Waals surface area contributed by atoms with Gasteiger partial charge in [0.25, 0.3) is 0 Å². The summed E-state index contributed by atoms with van der Waals surface area (Å²) in [6.45, 7) is 9.74. The summed E-state index contributed by atoms with van der Waals surface area (Å²) in [5, 5.41) is 0. The van der Waals surface area contributed by atoms with Crippen LogP contribution in [0.3, 0.4) is 0 Å². The molecule has 2 aliphatic heterocycles. The summed E-state index contributed by atoms with van der Waals surface area (Å²) in [6.07, 6.45) is 0.216. The van der Waals surface area contributed by atoms with Crippen LogP contribution >= 0.6 is 0 Å². The molecule has 1 aromatic carbocycles. The van der Waals surface area contributed by atoms with Crippen LogP contribution in [0.4, 0.5) is 23.7 Å². The van der Waals surface area contributed by atoms with Crippen molar-refractivity contribution in [3.63, 3.8) is 0 Å². The molecule has 42 heavy (non-hydrogen) atoms. The molecule has 0 radical (unpaired) electrons. The van der Waals surface area contributed by atoms with Gasteiger partial charge in [0.1, 0.15) is 0 Å². The third kappa shape index (κ3) is 7.29. The molecular weight excluding hydrogens is 612 g/mol. The number of nitrogens with zero attached hydrogens (tertiary/aromatic N) is 3. The number of aromatic amines is 1. The summed E-state index contributed by atoms with van der Waals surface area (Å²) in [5.74, 6) is -0.436. The van der Waals surface area contributed by atoms with Crippen molar-refractivity contribution in [2.24, 2.45) is 0 Å². The van der Waals surface area contributed by atoms with Crippen molar-refractivity contribution in [2.45, 2.75) is 65.1 Å². The van der Waals surface area contributed by atoms with E-state index in [0.717, 1.165) is 17.8 Å². The van der Waals surface area contributed by atoms with Crippen LogP contribution in [0.2, 0.25) is 0 Å². The van der Waals surface area contributed by atoms with E-state index in [2.05, 4.69) is 28.6 Å². The molecule has 1 fully saturated rings. The van der Waals surface area contributed by atoms with Crippen LogP contribution in [0.5, 0.6) is 0 Å². The van der Waals surface area contributed by atoms with Gasteiger partial charge in [-0.1, -0.05) is 0 Å². The standard InChI is InChI=1S/C30H38AsF3N4O4/c1-17(2)42-30(41)37-9-6-7-20(8-10-37)21-11-24(31-28(40)23-14-35-27(39)12-22(23)29(33)34)26(13-25(21)32)38-15-18(3)36(5)19(4)16-38/h7,11-14,17-19,29,31H,6,8-10,15-16H2,1-5H3,(H,35,39)/t18-,19+. The Morgan fingerprint density at radius 1 is 1.10 bits per heavy atom. The first-order valence-electron chi connectivity index (χ1n) is 14.1. The number of rotatable bonds is 7. The second kappa shape index (κ2) is 13.5. The first-order chi connectivity index (χ1) is 19.8. The SMILES string of the molecule is CC(C)OC(=O)N1CCC=C(c2cc([AsH]C(=O)c3c[nH]c(=O)cc3C(F)F)c(N3C[C@@H](C)N(C)[C@@H](C)C3)cc2F)CC1. The quantitative estimate of drug-likeness (QED) is 0.458. The van der Waals surface area contributed by atoms with E-state index in [-0.39, 0.29) is 23.8 Å². The van der Waals surface area contributed by atoms with Gasteiger partial charge in [0.2, 0.25) is 0 Å². The van der Waals surface area contributed by atoms with E-state index in [1.54, 1.807) is 24.8 Å². The minimum absolute atomic E-state index is 0.172. The Bertz CT molecular complexity index is 1400. The van der Waals surface area contributed by atoms with Gasteiger partial charge < -0.3 is 0 Å². The number of halogens is 3. The number of pyridine rings is 1. The molecule has 4 rings (SSSR count). The fourth-order valence-electron chi connectivity index (χ4n) is 5.39. The fraction of sp³-hybridized carbons (Fsp3) is 0.500. The van der Waals surface area contributed by atoms with Crippen LogP contribution < -0.4 is 14.8 Å². The maximum atomic E-state index is 15.9. The number of nitrogens with one attached hydrogen (secondary N) is 1. The summed E-state index contributed by atoms with van der Waals surface area (Å²) in [4.78, 5) is 45.9. The monoisotopic (exact) mass is 650 g/mol. The van der Waals surface area contributed by atoms with Crippen LogP contribution in [-0.4, -0.2) is 92.6 Å². The van der Waals surface area contributed by atoms with Crippen LogP contribution in [0.15, 0.2) is 35.3 Å². The maximum absolute atomic E-state index is 15.9. The Hall–Kier alpha value is -3.04. The number of likely N-dealkylation sites (N-methyl/N-ethyl adjacent to an activating group) is 1.